The summed E-state index contributed by atoms with van der Waals surface area (Å²) >= 11 is 4.67. The fourth-order valence-corrected chi connectivity index (χ4v) is 3.62. The van der Waals surface area contributed by atoms with Crippen molar-refractivity contribution < 1.29 is 0 Å². The Balaban J connectivity index is 1.73. The van der Waals surface area contributed by atoms with Crippen LogP contribution in [0.3, 0.4) is 0 Å². The fraction of sp³-hybridized carbons (Fsp3) is 0.346. The van der Waals surface area contributed by atoms with Gasteiger partial charge < -0.3 is 0 Å². The highest BCUT2D eigenvalue weighted by atomic mass is 32.1. The maximum atomic E-state index is 4.67. The van der Waals surface area contributed by atoms with Gasteiger partial charge in [-0.25, -0.2) is 0 Å². The molecule has 1 saturated carbocycles. The Morgan fingerprint density at radius 2 is 1.54 bits per heavy atom. The molecule has 0 amide bonds. The highest BCUT2D eigenvalue weighted by Gasteiger charge is 2.15. The lowest BCUT2D eigenvalue weighted by molar-refractivity contribution is 0.337. The number of aryl methyl sites for hydroxylation is 2. The van der Waals surface area contributed by atoms with Gasteiger partial charge in [0, 0.05) is 22.6 Å². The number of nitrogens with zero attached hydrogens (tertiary/aromatic N) is 1. The first kappa shape index (κ1) is 20.1. The molecule has 0 bridgehead atoms. The van der Waals surface area contributed by atoms with Gasteiger partial charge >= 0.3 is 0 Å². The normalized spacial score (nSPS) is 18.1. The van der Waals surface area contributed by atoms with Crippen LogP contribution in [0.15, 0.2) is 41.4 Å². The summed E-state index contributed by atoms with van der Waals surface area (Å²) in [5.74, 6) is 14.8. The Morgan fingerprint density at radius 3 is 2.21 bits per heavy atom. The third kappa shape index (κ3) is 5.43. The van der Waals surface area contributed by atoms with Gasteiger partial charge in [-0.2, -0.15) is 4.99 Å². The van der Waals surface area contributed by atoms with E-state index in [2.05, 4.69) is 78.1 Å². The molecule has 1 aliphatic carbocycles. The van der Waals surface area contributed by atoms with Gasteiger partial charge in [-0.15, -0.1) is 0 Å². The Kier molecular flexibility index (Phi) is 6.84. The molecule has 0 N–H and O–H groups in total. The molecule has 0 atom stereocenters. The summed E-state index contributed by atoms with van der Waals surface area (Å²) < 4.78 is 0. The lowest BCUT2D eigenvalue weighted by Gasteiger charge is -2.21. The van der Waals surface area contributed by atoms with Crippen LogP contribution in [0, 0.1) is 49.4 Å². The average Bonchev–Trinajstić information content (AvgIpc) is 2.69. The number of rotatable bonds is 1. The van der Waals surface area contributed by atoms with E-state index in [1.165, 1.54) is 25.7 Å². The average molecular weight is 384 g/mol. The van der Waals surface area contributed by atoms with Crippen molar-refractivity contribution in [1.29, 1.82) is 0 Å². The van der Waals surface area contributed by atoms with Gasteiger partial charge in [0.2, 0.25) is 0 Å². The van der Waals surface area contributed by atoms with Gasteiger partial charge in [0.1, 0.15) is 0 Å². The van der Waals surface area contributed by atoms with Crippen molar-refractivity contribution in [2.45, 2.75) is 46.5 Å². The minimum Gasteiger partial charge on any atom is -0.194 e. The zero-order chi connectivity index (χ0) is 19.9. The van der Waals surface area contributed by atoms with Crippen LogP contribution in [-0.4, -0.2) is 5.16 Å². The number of hydrogen-bond donors (Lipinski definition) is 0. The Labute approximate surface area is 174 Å². The van der Waals surface area contributed by atoms with Crippen molar-refractivity contribution in [3.8, 4) is 23.7 Å². The molecule has 0 heterocycles. The Bertz CT molecular complexity index is 1030. The minimum absolute atomic E-state index is 0.560. The molecule has 1 aliphatic rings. The standard InChI is InChI=1S/C26H25NS/c1-19-4-6-22(7-5-19)8-9-23-10-13-25(20(2)16-23)14-11-24-12-15-26(27-18-28)21(3)17-24/h10,12-13,15-17,19,22H,4-7H2,1-3H3. The van der Waals surface area contributed by atoms with E-state index in [9.17, 15) is 0 Å². The summed E-state index contributed by atoms with van der Waals surface area (Å²) in [6.45, 7) is 6.44. The molecule has 0 unspecified atom stereocenters. The molecule has 2 heteroatoms. The van der Waals surface area contributed by atoms with Gasteiger partial charge in [0.05, 0.1) is 10.8 Å². The van der Waals surface area contributed by atoms with E-state index in [0.717, 1.165) is 39.4 Å². The van der Waals surface area contributed by atoms with Crippen LogP contribution in [0.2, 0.25) is 0 Å². The summed E-state index contributed by atoms with van der Waals surface area (Å²) in [5.41, 5.74) is 6.14. The topological polar surface area (TPSA) is 12.4 Å². The van der Waals surface area contributed by atoms with Gasteiger partial charge in [-0.05, 0) is 105 Å². The van der Waals surface area contributed by atoms with Gasteiger partial charge in [0.15, 0.2) is 0 Å². The number of benzene rings is 2. The molecule has 0 spiro atoms. The molecule has 1 fully saturated rings. The lowest BCUT2D eigenvalue weighted by Crippen LogP contribution is -2.10. The highest BCUT2D eigenvalue weighted by molar-refractivity contribution is 7.78. The second-order valence-electron chi connectivity index (χ2n) is 7.71. The zero-order valence-electron chi connectivity index (χ0n) is 16.8. The molecular weight excluding hydrogens is 358 g/mol. The van der Waals surface area contributed by atoms with Gasteiger partial charge in [0.25, 0.3) is 0 Å². The maximum absolute atomic E-state index is 4.67. The van der Waals surface area contributed by atoms with Crippen LogP contribution in [0.25, 0.3) is 0 Å². The molecule has 0 aliphatic heterocycles. The third-order valence-corrected chi connectivity index (χ3v) is 5.46. The number of thiocarbonyl (C=S) groups is 1. The van der Waals surface area contributed by atoms with Crippen LogP contribution in [-0.2, 0) is 0 Å². The minimum atomic E-state index is 0.560. The predicted molar refractivity (Wildman–Crippen MR) is 121 cm³/mol. The molecular formula is C26H25NS. The van der Waals surface area contributed by atoms with Crippen LogP contribution in [0.5, 0.6) is 0 Å². The van der Waals surface area contributed by atoms with Gasteiger partial charge in [-0.3, -0.25) is 0 Å². The highest BCUT2D eigenvalue weighted by Crippen LogP contribution is 2.27. The summed E-state index contributed by atoms with van der Waals surface area (Å²) in [6.07, 6.45) is 5.10. The van der Waals surface area contributed by atoms with Crippen molar-refractivity contribution in [2.24, 2.45) is 16.8 Å². The summed E-state index contributed by atoms with van der Waals surface area (Å²) in [6, 6.07) is 12.2. The van der Waals surface area contributed by atoms with Crippen LogP contribution < -0.4 is 0 Å². The molecule has 2 aromatic rings. The fourth-order valence-electron chi connectivity index (χ4n) is 3.52. The van der Waals surface area contributed by atoms with Crippen molar-refractivity contribution in [3.05, 3.63) is 64.2 Å². The quantitative estimate of drug-likeness (QED) is 0.306. The second kappa shape index (κ2) is 9.52. The molecule has 28 heavy (non-hydrogen) atoms. The third-order valence-electron chi connectivity index (χ3n) is 5.37. The number of aliphatic imine (C=N–C) groups is 1. The molecule has 3 rings (SSSR count). The van der Waals surface area contributed by atoms with E-state index < -0.39 is 0 Å². The Hall–Kier alpha value is -2.64. The van der Waals surface area contributed by atoms with Crippen molar-refractivity contribution in [3.63, 3.8) is 0 Å². The van der Waals surface area contributed by atoms with E-state index in [1.54, 1.807) is 0 Å². The first-order valence-corrected chi connectivity index (χ1v) is 10.3. The summed E-state index contributed by atoms with van der Waals surface area (Å²) in [4.78, 5) is 4.05. The van der Waals surface area contributed by atoms with E-state index in [-0.39, 0.29) is 0 Å². The molecule has 0 saturated heterocycles. The molecule has 1 nitrogen and oxygen atoms in total. The summed E-state index contributed by atoms with van der Waals surface area (Å²) in [5, 5.41) is 2.41. The molecule has 0 aromatic heterocycles. The smallest absolute Gasteiger partial charge is 0.0769 e. The van der Waals surface area contributed by atoms with Crippen LogP contribution in [0.4, 0.5) is 5.69 Å². The van der Waals surface area contributed by atoms with E-state index >= 15 is 0 Å². The number of isothiocyanates is 1. The first-order chi connectivity index (χ1) is 13.5. The van der Waals surface area contributed by atoms with Crippen molar-refractivity contribution in [1.82, 2.24) is 0 Å². The number of hydrogen-bond acceptors (Lipinski definition) is 2. The molecule has 0 radical (unpaired) electrons. The second-order valence-corrected chi connectivity index (χ2v) is 7.89. The van der Waals surface area contributed by atoms with Crippen molar-refractivity contribution >= 4 is 23.1 Å². The Morgan fingerprint density at radius 1 is 0.857 bits per heavy atom. The molecule has 2 aromatic carbocycles. The van der Waals surface area contributed by atoms with E-state index in [0.29, 0.717) is 5.92 Å². The monoisotopic (exact) mass is 383 g/mol. The van der Waals surface area contributed by atoms with Crippen LogP contribution in [0.1, 0.15) is 60.4 Å². The summed E-state index contributed by atoms with van der Waals surface area (Å²) in [7, 11) is 0. The van der Waals surface area contributed by atoms with Gasteiger partial charge in [-0.1, -0.05) is 30.6 Å². The zero-order valence-corrected chi connectivity index (χ0v) is 17.6. The lowest BCUT2D eigenvalue weighted by atomic mass is 9.83. The van der Waals surface area contributed by atoms with E-state index in [4.69, 9.17) is 0 Å². The largest absolute Gasteiger partial charge is 0.194 e. The first-order valence-electron chi connectivity index (χ1n) is 9.88. The van der Waals surface area contributed by atoms with E-state index in [1.807, 2.05) is 25.1 Å². The molecule has 140 valence electrons. The predicted octanol–water partition coefficient (Wildman–Crippen LogP) is 6.62. The van der Waals surface area contributed by atoms with Crippen LogP contribution >= 0.6 is 12.2 Å². The SMILES string of the molecule is Cc1cc(C#CC2CCC(C)CC2)ccc1C#Cc1ccc(N=C=S)c(C)c1. The maximum Gasteiger partial charge on any atom is 0.0769 e. The van der Waals surface area contributed by atoms with Crippen molar-refractivity contribution in [2.75, 3.05) is 0 Å².